The Labute approximate surface area is 135 Å². The minimum atomic E-state index is -0.797. The van der Waals surface area contributed by atoms with Crippen LogP contribution in [0.5, 0.6) is 0 Å². The monoisotopic (exact) mass is 321 g/mol. The van der Waals surface area contributed by atoms with Crippen LogP contribution in [-0.2, 0) is 9.59 Å². The van der Waals surface area contributed by atoms with Gasteiger partial charge in [0.15, 0.2) is 0 Å². The number of nitrogens with zero attached hydrogens (tertiary/aromatic N) is 1. The molecular formula is C17H23NO3S. The molecule has 2 rings (SSSR count). The zero-order valence-corrected chi connectivity index (χ0v) is 13.9. The summed E-state index contributed by atoms with van der Waals surface area (Å²) in [5.74, 6) is -1.18. The van der Waals surface area contributed by atoms with Crippen LogP contribution in [0.25, 0.3) is 0 Å². The Morgan fingerprint density at radius 2 is 2.05 bits per heavy atom. The number of carboxylic acid groups (broad SMARTS) is 1. The lowest BCUT2D eigenvalue weighted by Gasteiger charge is -2.39. The highest BCUT2D eigenvalue weighted by Gasteiger charge is 2.37. The van der Waals surface area contributed by atoms with Gasteiger partial charge in [0.05, 0.1) is 11.2 Å². The quantitative estimate of drug-likeness (QED) is 0.846. The highest BCUT2D eigenvalue weighted by molar-refractivity contribution is 8.00. The molecule has 1 aromatic rings. The fourth-order valence-electron chi connectivity index (χ4n) is 2.94. The van der Waals surface area contributed by atoms with Gasteiger partial charge in [-0.25, -0.2) is 0 Å². The molecule has 1 heterocycles. The van der Waals surface area contributed by atoms with Crippen molar-refractivity contribution in [3.05, 3.63) is 30.3 Å². The molecule has 4 nitrogen and oxygen atoms in total. The highest BCUT2D eigenvalue weighted by atomic mass is 32.2. The van der Waals surface area contributed by atoms with Crippen molar-refractivity contribution in [1.82, 2.24) is 4.90 Å². The first kappa shape index (κ1) is 16.9. The molecule has 1 amide bonds. The fraction of sp³-hybridized carbons (Fsp3) is 0.529. The predicted octanol–water partition coefficient (Wildman–Crippen LogP) is 3.27. The van der Waals surface area contributed by atoms with Gasteiger partial charge in [-0.2, -0.15) is 0 Å². The van der Waals surface area contributed by atoms with Crippen molar-refractivity contribution in [3.63, 3.8) is 0 Å². The van der Waals surface area contributed by atoms with Gasteiger partial charge in [-0.15, -0.1) is 11.8 Å². The van der Waals surface area contributed by atoms with E-state index >= 15 is 0 Å². The first-order valence-electron chi connectivity index (χ1n) is 7.79. The molecule has 120 valence electrons. The molecule has 5 heteroatoms. The molecule has 1 aromatic carbocycles. The van der Waals surface area contributed by atoms with E-state index in [0.29, 0.717) is 13.0 Å². The van der Waals surface area contributed by atoms with Crippen LogP contribution in [0.3, 0.4) is 0 Å². The summed E-state index contributed by atoms with van der Waals surface area (Å²) >= 11 is 1.56. The summed E-state index contributed by atoms with van der Waals surface area (Å²) in [5.41, 5.74) is 0. The third-order valence-electron chi connectivity index (χ3n) is 4.26. The van der Waals surface area contributed by atoms with E-state index in [1.807, 2.05) is 44.2 Å². The van der Waals surface area contributed by atoms with E-state index in [1.165, 1.54) is 0 Å². The molecule has 1 aliphatic rings. The first-order valence-corrected chi connectivity index (χ1v) is 8.67. The smallest absolute Gasteiger partial charge is 0.308 e. The van der Waals surface area contributed by atoms with Crippen LogP contribution >= 0.6 is 11.8 Å². The molecule has 1 saturated heterocycles. The Morgan fingerprint density at radius 3 is 2.64 bits per heavy atom. The molecule has 3 atom stereocenters. The first-order chi connectivity index (χ1) is 10.5. The minimum absolute atomic E-state index is 0.0646. The maximum Gasteiger partial charge on any atom is 0.308 e. The third-order valence-corrected chi connectivity index (χ3v) is 5.62. The fourth-order valence-corrected chi connectivity index (χ4v) is 3.99. The number of piperidine rings is 1. The lowest BCUT2D eigenvalue weighted by atomic mass is 9.90. The Hall–Kier alpha value is -1.49. The van der Waals surface area contributed by atoms with E-state index in [4.69, 9.17) is 0 Å². The zero-order valence-electron chi connectivity index (χ0n) is 13.1. The topological polar surface area (TPSA) is 57.6 Å². The number of hydrogen-bond donors (Lipinski definition) is 1. The second-order valence-corrected chi connectivity index (χ2v) is 6.96. The van der Waals surface area contributed by atoms with Gasteiger partial charge in [0.1, 0.15) is 0 Å². The molecule has 0 aromatic heterocycles. The van der Waals surface area contributed by atoms with Crippen molar-refractivity contribution >= 4 is 23.6 Å². The molecule has 1 fully saturated rings. The number of rotatable bonds is 5. The number of carbonyl (C=O) groups excluding carboxylic acids is 1. The van der Waals surface area contributed by atoms with Gasteiger partial charge in [0.25, 0.3) is 0 Å². The van der Waals surface area contributed by atoms with E-state index < -0.39 is 11.9 Å². The summed E-state index contributed by atoms with van der Waals surface area (Å²) in [5, 5.41) is 9.14. The van der Waals surface area contributed by atoms with Crippen LogP contribution in [0, 0.1) is 5.92 Å². The predicted molar refractivity (Wildman–Crippen MR) is 87.9 cm³/mol. The Morgan fingerprint density at radius 1 is 1.36 bits per heavy atom. The van der Waals surface area contributed by atoms with Crippen molar-refractivity contribution in [3.8, 4) is 0 Å². The van der Waals surface area contributed by atoms with Gasteiger partial charge in [-0.05, 0) is 38.3 Å². The Balaban J connectivity index is 2.09. The number of thioether (sulfide) groups is 1. The largest absolute Gasteiger partial charge is 0.481 e. The second-order valence-electron chi connectivity index (χ2n) is 5.69. The van der Waals surface area contributed by atoms with Gasteiger partial charge in [0.2, 0.25) is 5.91 Å². The summed E-state index contributed by atoms with van der Waals surface area (Å²) in [6.45, 7) is 4.52. The van der Waals surface area contributed by atoms with Crippen molar-refractivity contribution in [2.24, 2.45) is 5.92 Å². The van der Waals surface area contributed by atoms with Crippen molar-refractivity contribution in [2.75, 3.05) is 6.54 Å². The number of amides is 1. The zero-order chi connectivity index (χ0) is 16.1. The van der Waals surface area contributed by atoms with E-state index in [1.54, 1.807) is 16.7 Å². The SMILES string of the molecule is CCC(Sc1ccccc1)C(=O)N1CCC[C@H](C(=O)O)[C@@H]1C. The average molecular weight is 321 g/mol. The van der Waals surface area contributed by atoms with Gasteiger partial charge < -0.3 is 10.0 Å². The molecule has 0 radical (unpaired) electrons. The summed E-state index contributed by atoms with van der Waals surface area (Å²) < 4.78 is 0. The van der Waals surface area contributed by atoms with Crippen LogP contribution in [-0.4, -0.2) is 39.7 Å². The Kier molecular flexibility index (Phi) is 5.89. The van der Waals surface area contributed by atoms with Gasteiger partial charge in [-0.1, -0.05) is 25.1 Å². The summed E-state index contributed by atoms with van der Waals surface area (Å²) in [6.07, 6.45) is 2.15. The van der Waals surface area contributed by atoms with Gasteiger partial charge in [0, 0.05) is 17.5 Å². The summed E-state index contributed by atoms with van der Waals surface area (Å²) in [4.78, 5) is 27.0. The second kappa shape index (κ2) is 7.68. The molecule has 0 bridgehead atoms. The lowest BCUT2D eigenvalue weighted by molar-refractivity contribution is -0.148. The van der Waals surface area contributed by atoms with E-state index in [9.17, 15) is 14.7 Å². The normalized spacial score (nSPS) is 23.1. The molecule has 0 saturated carbocycles. The van der Waals surface area contributed by atoms with Crippen molar-refractivity contribution < 1.29 is 14.7 Å². The van der Waals surface area contributed by atoms with Crippen molar-refractivity contribution in [1.29, 1.82) is 0 Å². The number of likely N-dealkylation sites (tertiary alicyclic amines) is 1. The standard InChI is InChI=1S/C17H23NO3S/c1-3-15(22-13-8-5-4-6-9-13)16(19)18-11-7-10-14(12(18)2)17(20)21/h4-6,8-9,12,14-15H,3,7,10-11H2,1-2H3,(H,20,21)/t12-,14-,15?/m0/s1. The third kappa shape index (κ3) is 3.83. The average Bonchev–Trinajstić information content (AvgIpc) is 2.53. The highest BCUT2D eigenvalue weighted by Crippen LogP contribution is 2.30. The number of carboxylic acids is 1. The minimum Gasteiger partial charge on any atom is -0.481 e. The maximum absolute atomic E-state index is 12.8. The number of hydrogen-bond acceptors (Lipinski definition) is 3. The molecular weight excluding hydrogens is 298 g/mol. The maximum atomic E-state index is 12.8. The van der Waals surface area contributed by atoms with Crippen LogP contribution in [0.1, 0.15) is 33.1 Å². The van der Waals surface area contributed by atoms with E-state index in [-0.39, 0.29) is 17.2 Å². The number of aliphatic carboxylic acids is 1. The molecule has 1 unspecified atom stereocenters. The molecule has 22 heavy (non-hydrogen) atoms. The Bertz CT molecular complexity index is 520. The van der Waals surface area contributed by atoms with Crippen LogP contribution < -0.4 is 0 Å². The van der Waals surface area contributed by atoms with Crippen LogP contribution in [0.15, 0.2) is 35.2 Å². The van der Waals surface area contributed by atoms with Gasteiger partial charge >= 0.3 is 5.97 Å². The molecule has 0 aliphatic carbocycles. The van der Waals surface area contributed by atoms with E-state index in [2.05, 4.69) is 0 Å². The van der Waals surface area contributed by atoms with Crippen LogP contribution in [0.4, 0.5) is 0 Å². The number of benzene rings is 1. The molecule has 1 N–H and O–H groups in total. The van der Waals surface area contributed by atoms with E-state index in [0.717, 1.165) is 17.7 Å². The molecule has 0 spiro atoms. The number of carbonyl (C=O) groups is 2. The summed E-state index contributed by atoms with van der Waals surface area (Å²) in [6, 6.07) is 9.65. The van der Waals surface area contributed by atoms with Gasteiger partial charge in [-0.3, -0.25) is 9.59 Å². The van der Waals surface area contributed by atoms with Crippen molar-refractivity contribution in [2.45, 2.75) is 49.3 Å². The van der Waals surface area contributed by atoms with Crippen LogP contribution in [0.2, 0.25) is 0 Å². The lowest BCUT2D eigenvalue weighted by Crippen LogP contribution is -2.51. The summed E-state index contributed by atoms with van der Waals surface area (Å²) in [7, 11) is 0. The molecule has 1 aliphatic heterocycles.